The maximum absolute atomic E-state index is 12.2. The van der Waals surface area contributed by atoms with Crippen molar-refractivity contribution >= 4 is 6.03 Å². The Balaban J connectivity index is 1.60. The van der Waals surface area contributed by atoms with Crippen LogP contribution in [0.25, 0.3) is 0 Å². The van der Waals surface area contributed by atoms with E-state index in [0.717, 1.165) is 16.7 Å². The highest BCUT2D eigenvalue weighted by molar-refractivity contribution is 5.74. The van der Waals surface area contributed by atoms with Crippen molar-refractivity contribution < 1.29 is 19.4 Å². The lowest BCUT2D eigenvalue weighted by atomic mass is 10.1. The first-order valence-electron chi connectivity index (χ1n) is 8.13. The number of hydrogen-bond acceptors (Lipinski definition) is 4. The lowest BCUT2D eigenvalue weighted by Gasteiger charge is -2.18. The van der Waals surface area contributed by atoms with Crippen LogP contribution in [0.15, 0.2) is 42.5 Å². The van der Waals surface area contributed by atoms with Gasteiger partial charge in [0, 0.05) is 13.0 Å². The fraction of sp³-hybridized carbons (Fsp3) is 0.316. The summed E-state index contributed by atoms with van der Waals surface area (Å²) in [6.45, 7) is 0.344. The van der Waals surface area contributed by atoms with Crippen LogP contribution in [0.3, 0.4) is 0 Å². The van der Waals surface area contributed by atoms with E-state index in [2.05, 4.69) is 10.6 Å². The van der Waals surface area contributed by atoms with Gasteiger partial charge in [-0.3, -0.25) is 0 Å². The van der Waals surface area contributed by atoms with Gasteiger partial charge in [0.05, 0.1) is 26.4 Å². The zero-order chi connectivity index (χ0) is 17.8. The highest BCUT2D eigenvalue weighted by Crippen LogP contribution is 2.31. The lowest BCUT2D eigenvalue weighted by molar-refractivity contribution is 0.142. The third-order valence-electron chi connectivity index (χ3n) is 4.39. The van der Waals surface area contributed by atoms with E-state index in [0.29, 0.717) is 24.5 Å². The Morgan fingerprint density at radius 2 is 1.92 bits per heavy atom. The fourth-order valence-corrected chi connectivity index (χ4v) is 3.11. The average Bonchev–Trinajstić information content (AvgIpc) is 2.95. The second-order valence-corrected chi connectivity index (χ2v) is 5.96. The number of aliphatic hydroxyl groups is 1. The van der Waals surface area contributed by atoms with Crippen LogP contribution in [0.4, 0.5) is 4.79 Å². The molecular weight excluding hydrogens is 320 g/mol. The molecule has 1 aliphatic carbocycles. The summed E-state index contributed by atoms with van der Waals surface area (Å²) in [7, 11) is 3.15. The maximum atomic E-state index is 12.2. The van der Waals surface area contributed by atoms with Crippen molar-refractivity contribution in [3.63, 3.8) is 0 Å². The number of benzene rings is 2. The molecule has 0 saturated carbocycles. The number of hydrogen-bond donors (Lipinski definition) is 3. The molecule has 3 rings (SSSR count). The minimum Gasteiger partial charge on any atom is -0.493 e. The molecule has 0 radical (unpaired) electrons. The van der Waals surface area contributed by atoms with Crippen molar-refractivity contribution in [3.8, 4) is 11.5 Å². The molecule has 2 aromatic carbocycles. The number of carbonyl (C=O) groups excluding carboxylic acids is 1. The van der Waals surface area contributed by atoms with E-state index in [1.165, 1.54) is 0 Å². The van der Waals surface area contributed by atoms with Gasteiger partial charge in [0.2, 0.25) is 0 Å². The Kier molecular flexibility index (Phi) is 5.09. The van der Waals surface area contributed by atoms with Crippen LogP contribution in [0.2, 0.25) is 0 Å². The molecule has 0 spiro atoms. The number of nitrogens with one attached hydrogen (secondary N) is 2. The molecule has 25 heavy (non-hydrogen) atoms. The van der Waals surface area contributed by atoms with Gasteiger partial charge in [0.1, 0.15) is 0 Å². The third-order valence-corrected chi connectivity index (χ3v) is 4.39. The highest BCUT2D eigenvalue weighted by atomic mass is 16.5. The fourth-order valence-electron chi connectivity index (χ4n) is 3.11. The molecule has 0 heterocycles. The molecule has 2 amide bonds. The first-order chi connectivity index (χ1) is 12.1. The van der Waals surface area contributed by atoms with Gasteiger partial charge < -0.3 is 25.2 Å². The molecule has 6 heteroatoms. The summed E-state index contributed by atoms with van der Waals surface area (Å²) in [5, 5.41) is 15.9. The largest absolute Gasteiger partial charge is 0.493 e. The summed E-state index contributed by atoms with van der Waals surface area (Å²) < 4.78 is 10.5. The Morgan fingerprint density at radius 3 is 2.68 bits per heavy atom. The van der Waals surface area contributed by atoms with Gasteiger partial charge in [-0.25, -0.2) is 4.79 Å². The average molecular weight is 342 g/mol. The number of methoxy groups -OCH3 is 2. The molecule has 2 atom stereocenters. The molecule has 132 valence electrons. The smallest absolute Gasteiger partial charge is 0.315 e. The van der Waals surface area contributed by atoms with Crippen molar-refractivity contribution in [2.24, 2.45) is 0 Å². The number of urea groups is 1. The van der Waals surface area contributed by atoms with Crippen molar-refractivity contribution in [3.05, 3.63) is 59.2 Å². The molecule has 1 aliphatic rings. The zero-order valence-electron chi connectivity index (χ0n) is 14.3. The molecule has 0 aromatic heterocycles. The van der Waals surface area contributed by atoms with Crippen LogP contribution in [0.5, 0.6) is 11.5 Å². The van der Waals surface area contributed by atoms with E-state index in [4.69, 9.17) is 9.47 Å². The molecule has 6 nitrogen and oxygen atoms in total. The van der Waals surface area contributed by atoms with Crippen molar-refractivity contribution in [1.29, 1.82) is 0 Å². The van der Waals surface area contributed by atoms with Gasteiger partial charge in [-0.1, -0.05) is 30.3 Å². The third kappa shape index (κ3) is 3.69. The number of carbonyl (C=O) groups is 1. The monoisotopic (exact) mass is 342 g/mol. The SMILES string of the molecule is COc1ccc(CNC(=O)N[C@H]2c3ccccc3C[C@H]2O)cc1OC. The van der Waals surface area contributed by atoms with Gasteiger partial charge in [-0.2, -0.15) is 0 Å². The van der Waals surface area contributed by atoms with Crippen molar-refractivity contribution in [2.45, 2.75) is 25.1 Å². The van der Waals surface area contributed by atoms with Gasteiger partial charge in [0.25, 0.3) is 0 Å². The summed E-state index contributed by atoms with van der Waals surface area (Å²) in [5.41, 5.74) is 2.93. The van der Waals surface area contributed by atoms with E-state index in [1.807, 2.05) is 36.4 Å². The molecule has 2 aromatic rings. The van der Waals surface area contributed by atoms with Crippen LogP contribution < -0.4 is 20.1 Å². The van der Waals surface area contributed by atoms with E-state index >= 15 is 0 Å². The van der Waals surface area contributed by atoms with Crippen LogP contribution >= 0.6 is 0 Å². The van der Waals surface area contributed by atoms with E-state index < -0.39 is 6.10 Å². The minimum absolute atomic E-state index is 0.324. The standard InChI is InChI=1S/C19H22N2O4/c1-24-16-8-7-12(9-17(16)25-2)11-20-19(23)21-18-14-6-4-3-5-13(14)10-15(18)22/h3-9,15,18,22H,10-11H2,1-2H3,(H2,20,21,23)/t15-,18+/m1/s1. The van der Waals surface area contributed by atoms with E-state index in [1.54, 1.807) is 20.3 Å². The van der Waals surface area contributed by atoms with E-state index in [-0.39, 0.29) is 12.1 Å². The maximum Gasteiger partial charge on any atom is 0.315 e. The molecule has 0 aliphatic heterocycles. The van der Waals surface area contributed by atoms with E-state index in [9.17, 15) is 9.90 Å². The lowest BCUT2D eigenvalue weighted by Crippen LogP contribution is -2.40. The predicted molar refractivity (Wildman–Crippen MR) is 93.8 cm³/mol. The Hall–Kier alpha value is -2.73. The Labute approximate surface area is 146 Å². The predicted octanol–water partition coefficient (Wildman–Crippen LogP) is 2.16. The first kappa shape index (κ1) is 17.1. The van der Waals surface area contributed by atoms with Gasteiger partial charge in [-0.15, -0.1) is 0 Å². The zero-order valence-corrected chi connectivity index (χ0v) is 14.3. The van der Waals surface area contributed by atoms with Gasteiger partial charge in [-0.05, 0) is 28.8 Å². The molecular formula is C19H22N2O4. The number of rotatable bonds is 5. The van der Waals surface area contributed by atoms with Crippen LogP contribution in [-0.4, -0.2) is 31.5 Å². The number of aliphatic hydroxyl groups excluding tert-OH is 1. The molecule has 0 unspecified atom stereocenters. The number of amides is 2. The van der Waals surface area contributed by atoms with Crippen LogP contribution in [-0.2, 0) is 13.0 Å². The molecule has 0 saturated heterocycles. The summed E-state index contributed by atoms with van der Waals surface area (Å²) >= 11 is 0. The summed E-state index contributed by atoms with van der Waals surface area (Å²) in [5.74, 6) is 1.25. The van der Waals surface area contributed by atoms with Crippen LogP contribution in [0, 0.1) is 0 Å². The van der Waals surface area contributed by atoms with Crippen LogP contribution in [0.1, 0.15) is 22.7 Å². The molecule has 3 N–H and O–H groups in total. The first-order valence-corrected chi connectivity index (χ1v) is 8.13. The molecule has 0 fully saturated rings. The summed E-state index contributed by atoms with van der Waals surface area (Å²) in [4.78, 5) is 12.2. The quantitative estimate of drug-likeness (QED) is 0.778. The normalized spacial score (nSPS) is 18.4. The second-order valence-electron chi connectivity index (χ2n) is 5.96. The molecule has 0 bridgehead atoms. The Morgan fingerprint density at radius 1 is 1.16 bits per heavy atom. The minimum atomic E-state index is -0.607. The van der Waals surface area contributed by atoms with Crippen molar-refractivity contribution in [2.75, 3.05) is 14.2 Å². The number of ether oxygens (including phenoxy) is 2. The summed E-state index contributed by atoms with van der Waals surface area (Å²) in [6, 6.07) is 12.5. The summed E-state index contributed by atoms with van der Waals surface area (Å²) in [6.07, 6.45) is -0.0548. The van der Waals surface area contributed by atoms with Crippen molar-refractivity contribution in [1.82, 2.24) is 10.6 Å². The van der Waals surface area contributed by atoms with Gasteiger partial charge >= 0.3 is 6.03 Å². The Bertz CT molecular complexity index is 763. The topological polar surface area (TPSA) is 79.8 Å². The highest BCUT2D eigenvalue weighted by Gasteiger charge is 2.31. The van der Waals surface area contributed by atoms with Gasteiger partial charge in [0.15, 0.2) is 11.5 Å². The second kappa shape index (κ2) is 7.44. The number of fused-ring (bicyclic) bond motifs is 1.